The number of hydrogen-bond acceptors (Lipinski definition) is 7. The fourth-order valence-corrected chi connectivity index (χ4v) is 2.47. The summed E-state index contributed by atoms with van der Waals surface area (Å²) in [5, 5.41) is 28.4. The van der Waals surface area contributed by atoms with Gasteiger partial charge in [0, 0.05) is 15.3 Å². The Morgan fingerprint density at radius 3 is 2.85 bits per heavy atom. The zero-order valence-corrected chi connectivity index (χ0v) is 15.7. The second kappa shape index (κ2) is 9.55. The van der Waals surface area contributed by atoms with Crippen molar-refractivity contribution in [2.24, 2.45) is 0 Å². The molecule has 4 N–H and O–H groups in total. The van der Waals surface area contributed by atoms with Gasteiger partial charge in [-0.25, -0.2) is 4.39 Å². The number of aromatic nitrogens is 1. The molecule has 1 atom stereocenters. The van der Waals surface area contributed by atoms with Crippen LogP contribution in [0.3, 0.4) is 0 Å². The monoisotopic (exact) mass is 473 g/mol. The highest BCUT2D eigenvalue weighted by atomic mass is 127. The summed E-state index contributed by atoms with van der Waals surface area (Å²) in [6.45, 7) is -0.779. The number of hydrogen-bond donors (Lipinski definition) is 4. The van der Waals surface area contributed by atoms with Crippen molar-refractivity contribution in [2.45, 2.75) is 12.5 Å². The van der Waals surface area contributed by atoms with Crippen LogP contribution >= 0.6 is 22.6 Å². The fourth-order valence-electron chi connectivity index (χ4n) is 2.01. The first kappa shape index (κ1) is 20.2. The summed E-state index contributed by atoms with van der Waals surface area (Å²) in [6, 6.07) is 6.10. The number of pyridine rings is 1. The molecule has 9 heteroatoms. The van der Waals surface area contributed by atoms with Gasteiger partial charge in [-0.05, 0) is 46.9 Å². The molecule has 0 unspecified atom stereocenters. The Hall–Kier alpha value is -2.11. The van der Waals surface area contributed by atoms with E-state index in [9.17, 15) is 14.3 Å². The molecule has 0 aliphatic heterocycles. The van der Waals surface area contributed by atoms with Crippen LogP contribution in [0, 0.1) is 14.8 Å². The van der Waals surface area contributed by atoms with Gasteiger partial charge >= 0.3 is 0 Å². The molecule has 0 aliphatic carbocycles. The van der Waals surface area contributed by atoms with Crippen molar-refractivity contribution in [3.8, 4) is 0 Å². The topological polar surface area (TPSA) is 116 Å². The summed E-state index contributed by atoms with van der Waals surface area (Å²) in [5.41, 5.74) is 0.736. The summed E-state index contributed by atoms with van der Waals surface area (Å²) < 4.78 is 19.7. The van der Waals surface area contributed by atoms with Gasteiger partial charge in [-0.15, -0.1) is 0 Å². The van der Waals surface area contributed by atoms with E-state index in [0.29, 0.717) is 5.69 Å². The smallest absolute Gasteiger partial charge is 0.188 e. The molecule has 138 valence electrons. The molecule has 26 heavy (non-hydrogen) atoms. The van der Waals surface area contributed by atoms with E-state index >= 15 is 0 Å². The van der Waals surface area contributed by atoms with E-state index in [1.54, 1.807) is 12.1 Å². The molecule has 0 bridgehead atoms. The highest BCUT2D eigenvalue weighted by Gasteiger charge is 2.16. The van der Waals surface area contributed by atoms with Crippen LogP contribution in [0.1, 0.15) is 16.8 Å². The summed E-state index contributed by atoms with van der Waals surface area (Å²) in [5.74, 6) is -1.23. The molecule has 0 saturated heterocycles. The van der Waals surface area contributed by atoms with Gasteiger partial charge in [0.1, 0.15) is 18.5 Å². The summed E-state index contributed by atoms with van der Waals surface area (Å²) >= 11 is 1.99. The molecule has 0 fully saturated rings. The van der Waals surface area contributed by atoms with Crippen LogP contribution in [0.25, 0.3) is 0 Å². The number of benzene rings is 1. The van der Waals surface area contributed by atoms with Gasteiger partial charge in [0.2, 0.25) is 0 Å². The van der Waals surface area contributed by atoms with Crippen LogP contribution in [0.5, 0.6) is 0 Å². The second-order valence-corrected chi connectivity index (χ2v) is 6.59. The number of Topliss-reactive ketones (excluding diaryl/α,β-unsaturated/α-hetero) is 1. The Kier molecular flexibility index (Phi) is 7.42. The molecule has 7 nitrogen and oxygen atoms in total. The second-order valence-electron chi connectivity index (χ2n) is 5.34. The van der Waals surface area contributed by atoms with E-state index in [0.717, 1.165) is 3.57 Å². The molecule has 1 heterocycles. The van der Waals surface area contributed by atoms with Gasteiger partial charge in [0.15, 0.2) is 11.7 Å². The average molecular weight is 473 g/mol. The molecule has 1 aromatic heterocycles. The van der Waals surface area contributed by atoms with Gasteiger partial charge in [0.25, 0.3) is 0 Å². The quantitative estimate of drug-likeness (QED) is 0.203. The third kappa shape index (κ3) is 5.71. The highest BCUT2D eigenvalue weighted by molar-refractivity contribution is 14.1. The Morgan fingerprint density at radius 2 is 2.15 bits per heavy atom. The number of aliphatic hydroxyl groups is 2. The minimum absolute atomic E-state index is 0.199. The van der Waals surface area contributed by atoms with E-state index in [4.69, 9.17) is 15.3 Å². The van der Waals surface area contributed by atoms with Crippen molar-refractivity contribution < 1.29 is 24.1 Å². The minimum atomic E-state index is -1.12. The number of carbonyl (C=O) groups excluding carboxylic acids is 1. The van der Waals surface area contributed by atoms with Gasteiger partial charge in [-0.2, -0.15) is 0 Å². The number of anilines is 2. The van der Waals surface area contributed by atoms with Crippen LogP contribution in [0.15, 0.2) is 36.7 Å². The van der Waals surface area contributed by atoms with E-state index in [2.05, 4.69) is 10.3 Å². The zero-order valence-electron chi connectivity index (χ0n) is 13.6. The standard InChI is InChI=1S/C17H17FIN3O4/c18-13-5-10(19)1-2-14(13)22-15-7-21-4-3-12(15)16(25)6-17(20)26-9-11(24)8-23/h1-5,7,11,20,22-24H,6,8-9H2/t11-/m1/s1. The van der Waals surface area contributed by atoms with Crippen molar-refractivity contribution in [1.29, 1.82) is 5.41 Å². The summed E-state index contributed by atoms with van der Waals surface area (Å²) in [4.78, 5) is 16.4. The van der Waals surface area contributed by atoms with Crippen molar-refractivity contribution >= 4 is 45.6 Å². The Labute approximate surface area is 162 Å². The van der Waals surface area contributed by atoms with E-state index < -0.39 is 24.3 Å². The van der Waals surface area contributed by atoms with Gasteiger partial charge in [-0.1, -0.05) is 0 Å². The van der Waals surface area contributed by atoms with Crippen molar-refractivity contribution in [3.05, 3.63) is 51.6 Å². The number of aliphatic hydroxyl groups excluding tert-OH is 2. The van der Waals surface area contributed by atoms with Crippen molar-refractivity contribution in [2.75, 3.05) is 18.5 Å². The first-order chi connectivity index (χ1) is 12.4. The largest absolute Gasteiger partial charge is 0.478 e. The average Bonchev–Trinajstić information content (AvgIpc) is 2.62. The summed E-state index contributed by atoms with van der Waals surface area (Å²) in [6.07, 6.45) is 1.35. The van der Waals surface area contributed by atoms with Crippen molar-refractivity contribution in [3.63, 3.8) is 0 Å². The van der Waals surface area contributed by atoms with Crippen LogP contribution in [-0.4, -0.2) is 46.2 Å². The van der Waals surface area contributed by atoms with Gasteiger partial charge in [-0.3, -0.25) is 15.2 Å². The number of nitrogens with zero attached hydrogens (tertiary/aromatic N) is 1. The number of rotatable bonds is 8. The molecule has 0 amide bonds. The maximum atomic E-state index is 14.0. The third-order valence-corrected chi connectivity index (χ3v) is 3.97. The minimum Gasteiger partial charge on any atom is -0.478 e. The van der Waals surface area contributed by atoms with Gasteiger partial charge in [0.05, 0.1) is 30.6 Å². The van der Waals surface area contributed by atoms with Crippen LogP contribution in [0.2, 0.25) is 0 Å². The number of halogens is 2. The van der Waals surface area contributed by atoms with E-state index in [1.165, 1.54) is 24.5 Å². The lowest BCUT2D eigenvalue weighted by Crippen LogP contribution is -2.22. The van der Waals surface area contributed by atoms with Crippen LogP contribution in [-0.2, 0) is 4.74 Å². The number of carbonyl (C=O) groups is 1. The zero-order chi connectivity index (χ0) is 19.1. The SMILES string of the molecule is N=C(CC(=O)c1ccncc1Nc1ccc(I)cc1F)OC[C@H](O)CO. The molecular weight excluding hydrogens is 456 g/mol. The summed E-state index contributed by atoms with van der Waals surface area (Å²) in [7, 11) is 0. The Morgan fingerprint density at radius 1 is 1.38 bits per heavy atom. The molecule has 1 aromatic carbocycles. The van der Waals surface area contributed by atoms with Crippen LogP contribution in [0.4, 0.5) is 15.8 Å². The molecule has 0 spiro atoms. The predicted octanol–water partition coefficient (Wildman–Crippen LogP) is 2.49. The normalized spacial score (nSPS) is 11.7. The maximum Gasteiger partial charge on any atom is 0.188 e. The molecule has 0 aliphatic rings. The van der Waals surface area contributed by atoms with Gasteiger partial charge < -0.3 is 20.3 Å². The van der Waals surface area contributed by atoms with E-state index in [-0.39, 0.29) is 30.2 Å². The fraction of sp³-hybridized carbons (Fsp3) is 0.235. The predicted molar refractivity (Wildman–Crippen MR) is 102 cm³/mol. The number of nitrogens with one attached hydrogen (secondary N) is 2. The number of ketones is 1. The van der Waals surface area contributed by atoms with E-state index in [1.807, 2.05) is 22.6 Å². The molecular formula is C17H17FIN3O4. The van der Waals surface area contributed by atoms with Crippen molar-refractivity contribution in [1.82, 2.24) is 4.98 Å². The number of ether oxygens (including phenoxy) is 1. The maximum absolute atomic E-state index is 14.0. The lowest BCUT2D eigenvalue weighted by Gasteiger charge is -2.13. The van der Waals surface area contributed by atoms with Crippen LogP contribution < -0.4 is 5.32 Å². The molecule has 0 radical (unpaired) electrons. The molecule has 2 aromatic rings. The first-order valence-electron chi connectivity index (χ1n) is 7.59. The lowest BCUT2D eigenvalue weighted by atomic mass is 10.1. The molecule has 2 rings (SSSR count). The Bertz CT molecular complexity index is 803. The highest BCUT2D eigenvalue weighted by Crippen LogP contribution is 2.24. The third-order valence-electron chi connectivity index (χ3n) is 3.30. The first-order valence-corrected chi connectivity index (χ1v) is 8.67. The Balaban J connectivity index is 2.10. The lowest BCUT2D eigenvalue weighted by molar-refractivity contribution is 0.0480. The molecule has 0 saturated carbocycles.